The fourth-order valence-corrected chi connectivity index (χ4v) is 3.25. The number of halogens is 2. The van der Waals surface area contributed by atoms with Crippen molar-refractivity contribution in [3.8, 4) is 0 Å². The van der Waals surface area contributed by atoms with Gasteiger partial charge in [-0.3, -0.25) is 4.79 Å². The second-order valence-electron chi connectivity index (χ2n) is 5.03. The lowest BCUT2D eigenvalue weighted by Crippen LogP contribution is -2.18. The number of rotatable bonds is 3. The van der Waals surface area contributed by atoms with Gasteiger partial charge in [0.1, 0.15) is 5.82 Å². The van der Waals surface area contributed by atoms with Crippen LogP contribution >= 0.6 is 15.9 Å². The van der Waals surface area contributed by atoms with E-state index in [9.17, 15) is 9.18 Å². The van der Waals surface area contributed by atoms with Crippen LogP contribution in [-0.4, -0.2) is 13.0 Å². The summed E-state index contributed by atoms with van der Waals surface area (Å²) in [6.07, 6.45) is 0.407. The molecule has 2 N–H and O–H groups in total. The monoisotopic (exact) mass is 348 g/mol. The highest BCUT2D eigenvalue weighted by atomic mass is 79.9. The van der Waals surface area contributed by atoms with Crippen molar-refractivity contribution in [3.05, 3.63) is 63.4 Å². The zero-order valence-electron chi connectivity index (χ0n) is 11.4. The third kappa shape index (κ3) is 2.71. The van der Waals surface area contributed by atoms with E-state index < -0.39 is 0 Å². The first-order valence-electron chi connectivity index (χ1n) is 6.63. The predicted molar refractivity (Wildman–Crippen MR) is 83.8 cm³/mol. The zero-order chi connectivity index (χ0) is 15.0. The van der Waals surface area contributed by atoms with Crippen molar-refractivity contribution >= 4 is 27.5 Å². The summed E-state index contributed by atoms with van der Waals surface area (Å²) < 4.78 is 14.0. The van der Waals surface area contributed by atoms with Crippen LogP contribution in [-0.2, 0) is 11.2 Å². The van der Waals surface area contributed by atoms with Gasteiger partial charge in [0.15, 0.2) is 0 Å². The van der Waals surface area contributed by atoms with Crippen LogP contribution in [0.2, 0.25) is 0 Å². The minimum atomic E-state index is -0.274. The molecule has 1 heterocycles. The molecule has 1 aliphatic rings. The lowest BCUT2D eigenvalue weighted by Gasteiger charge is -2.19. The molecule has 0 saturated carbocycles. The number of carbonyl (C=O) groups is 1. The Morgan fingerprint density at radius 3 is 2.81 bits per heavy atom. The Kier molecular flexibility index (Phi) is 3.78. The smallest absolute Gasteiger partial charge is 0.228 e. The molecule has 3 nitrogen and oxygen atoms in total. The molecule has 0 fully saturated rings. The van der Waals surface area contributed by atoms with Crippen LogP contribution in [0.4, 0.5) is 10.1 Å². The third-order valence-electron chi connectivity index (χ3n) is 3.65. The van der Waals surface area contributed by atoms with E-state index in [4.69, 9.17) is 0 Å². The molecule has 1 atom stereocenters. The second-order valence-corrected chi connectivity index (χ2v) is 5.88. The van der Waals surface area contributed by atoms with E-state index in [0.29, 0.717) is 6.42 Å². The van der Waals surface area contributed by atoms with Crippen LogP contribution in [0.1, 0.15) is 22.7 Å². The van der Waals surface area contributed by atoms with Crippen molar-refractivity contribution in [2.24, 2.45) is 0 Å². The van der Waals surface area contributed by atoms with Crippen LogP contribution in [0, 0.1) is 5.82 Å². The highest BCUT2D eigenvalue weighted by molar-refractivity contribution is 9.10. The van der Waals surface area contributed by atoms with E-state index in [2.05, 4.69) is 26.6 Å². The molecular formula is C16H14BrFN2O. The SMILES string of the molecule is CNC(c1ccc2c(c1)CC(=O)N2)c1ccc(F)cc1Br. The summed E-state index contributed by atoms with van der Waals surface area (Å²) in [5.41, 5.74) is 3.86. The lowest BCUT2D eigenvalue weighted by atomic mass is 9.96. The molecule has 0 saturated heterocycles. The molecule has 5 heteroatoms. The van der Waals surface area contributed by atoms with Gasteiger partial charge < -0.3 is 10.6 Å². The number of anilines is 1. The molecule has 1 unspecified atom stereocenters. The molecule has 0 spiro atoms. The molecule has 1 aliphatic heterocycles. The molecule has 0 bridgehead atoms. The number of carbonyl (C=O) groups excluding carboxylic acids is 1. The first kappa shape index (κ1) is 14.2. The van der Waals surface area contributed by atoms with Crippen LogP contribution in [0.15, 0.2) is 40.9 Å². The minimum Gasteiger partial charge on any atom is -0.326 e. The number of hydrogen-bond acceptors (Lipinski definition) is 2. The Labute approximate surface area is 130 Å². The van der Waals surface area contributed by atoms with Crippen LogP contribution in [0.3, 0.4) is 0 Å². The first-order chi connectivity index (χ1) is 10.1. The van der Waals surface area contributed by atoms with Crippen molar-refractivity contribution in [2.45, 2.75) is 12.5 Å². The first-order valence-corrected chi connectivity index (χ1v) is 7.42. The van der Waals surface area contributed by atoms with Crippen LogP contribution in [0.5, 0.6) is 0 Å². The summed E-state index contributed by atoms with van der Waals surface area (Å²) in [7, 11) is 1.86. The van der Waals surface area contributed by atoms with Crippen molar-refractivity contribution in [1.82, 2.24) is 5.32 Å². The summed E-state index contributed by atoms with van der Waals surface area (Å²) in [4.78, 5) is 11.4. The normalized spacial score (nSPS) is 14.7. The molecule has 0 aliphatic carbocycles. The Balaban J connectivity index is 2.01. The van der Waals surface area contributed by atoms with Gasteiger partial charge in [-0.25, -0.2) is 4.39 Å². The van der Waals surface area contributed by atoms with Gasteiger partial charge in [-0.05, 0) is 41.9 Å². The summed E-state index contributed by atoms with van der Waals surface area (Å²) in [6, 6.07) is 10.5. The van der Waals surface area contributed by atoms with Gasteiger partial charge in [-0.1, -0.05) is 34.1 Å². The third-order valence-corrected chi connectivity index (χ3v) is 4.34. The van der Waals surface area contributed by atoms with Gasteiger partial charge in [0.2, 0.25) is 5.91 Å². The molecule has 2 aromatic rings. The van der Waals surface area contributed by atoms with E-state index in [1.54, 1.807) is 6.07 Å². The second kappa shape index (κ2) is 5.58. The number of nitrogens with one attached hydrogen (secondary N) is 2. The lowest BCUT2D eigenvalue weighted by molar-refractivity contribution is -0.115. The Hall–Kier alpha value is -1.72. The van der Waals surface area contributed by atoms with Gasteiger partial charge >= 0.3 is 0 Å². The average Bonchev–Trinajstić information content (AvgIpc) is 2.81. The van der Waals surface area contributed by atoms with E-state index in [1.807, 2.05) is 25.2 Å². The van der Waals surface area contributed by atoms with E-state index in [-0.39, 0.29) is 17.8 Å². The topological polar surface area (TPSA) is 41.1 Å². The van der Waals surface area contributed by atoms with E-state index >= 15 is 0 Å². The molecule has 3 rings (SSSR count). The summed E-state index contributed by atoms with van der Waals surface area (Å²) in [5.74, 6) is -0.254. The molecule has 0 radical (unpaired) electrons. The number of benzene rings is 2. The maximum Gasteiger partial charge on any atom is 0.228 e. The molecule has 1 amide bonds. The zero-order valence-corrected chi connectivity index (χ0v) is 13.0. The quantitative estimate of drug-likeness (QED) is 0.892. The largest absolute Gasteiger partial charge is 0.326 e. The summed E-state index contributed by atoms with van der Waals surface area (Å²) in [6.45, 7) is 0. The van der Waals surface area contributed by atoms with Crippen molar-refractivity contribution in [3.63, 3.8) is 0 Å². The highest BCUT2D eigenvalue weighted by Gasteiger charge is 2.21. The molecular weight excluding hydrogens is 335 g/mol. The average molecular weight is 349 g/mol. The van der Waals surface area contributed by atoms with E-state index in [0.717, 1.165) is 26.9 Å². The summed E-state index contributed by atoms with van der Waals surface area (Å²) in [5, 5.41) is 6.06. The molecule has 21 heavy (non-hydrogen) atoms. The molecule has 2 aromatic carbocycles. The fraction of sp³-hybridized carbons (Fsp3) is 0.188. The standard InChI is InChI=1S/C16H14BrFN2O/c1-19-16(12-4-3-11(18)8-13(12)17)9-2-5-14-10(6-9)7-15(21)20-14/h2-6,8,16,19H,7H2,1H3,(H,20,21). The maximum absolute atomic E-state index is 13.2. The molecule has 0 aromatic heterocycles. The van der Waals surface area contributed by atoms with Gasteiger partial charge in [-0.2, -0.15) is 0 Å². The minimum absolute atomic E-state index is 0.0196. The number of fused-ring (bicyclic) bond motifs is 1. The fourth-order valence-electron chi connectivity index (χ4n) is 2.67. The van der Waals surface area contributed by atoms with Gasteiger partial charge in [0.25, 0.3) is 0 Å². The summed E-state index contributed by atoms with van der Waals surface area (Å²) >= 11 is 3.41. The Morgan fingerprint density at radius 2 is 2.10 bits per heavy atom. The number of amides is 1. The Bertz CT molecular complexity index is 717. The van der Waals surface area contributed by atoms with E-state index in [1.165, 1.54) is 12.1 Å². The highest BCUT2D eigenvalue weighted by Crippen LogP contribution is 2.32. The van der Waals surface area contributed by atoms with Crippen LogP contribution in [0.25, 0.3) is 0 Å². The van der Waals surface area contributed by atoms with Gasteiger partial charge in [0, 0.05) is 10.2 Å². The number of hydrogen-bond donors (Lipinski definition) is 2. The van der Waals surface area contributed by atoms with Crippen molar-refractivity contribution in [1.29, 1.82) is 0 Å². The van der Waals surface area contributed by atoms with Crippen molar-refractivity contribution < 1.29 is 9.18 Å². The van der Waals surface area contributed by atoms with Crippen LogP contribution < -0.4 is 10.6 Å². The maximum atomic E-state index is 13.2. The van der Waals surface area contributed by atoms with Gasteiger partial charge in [0.05, 0.1) is 12.5 Å². The molecule has 108 valence electrons. The van der Waals surface area contributed by atoms with Gasteiger partial charge in [-0.15, -0.1) is 0 Å². The van der Waals surface area contributed by atoms with Crippen molar-refractivity contribution in [2.75, 3.05) is 12.4 Å². The Morgan fingerprint density at radius 1 is 1.29 bits per heavy atom. The predicted octanol–water partition coefficient (Wildman–Crippen LogP) is 3.39.